The highest BCUT2D eigenvalue weighted by atomic mass is 35.5. The van der Waals surface area contributed by atoms with Crippen LogP contribution in [-0.2, 0) is 14.6 Å². The van der Waals surface area contributed by atoms with Crippen LogP contribution in [0.25, 0.3) is 0 Å². The lowest BCUT2D eigenvalue weighted by Gasteiger charge is -2.07. The maximum Gasteiger partial charge on any atom is 0.350 e. The molecule has 0 aliphatic rings. The van der Waals surface area contributed by atoms with Crippen molar-refractivity contribution >= 4 is 50.6 Å². The maximum absolute atomic E-state index is 13.8. The van der Waals surface area contributed by atoms with Gasteiger partial charge < -0.3 is 4.74 Å². The zero-order chi connectivity index (χ0) is 19.3. The highest BCUT2D eigenvalue weighted by Gasteiger charge is 2.26. The van der Waals surface area contributed by atoms with Crippen LogP contribution in [0.4, 0.5) is 10.1 Å². The molecule has 0 unspecified atom stereocenters. The van der Waals surface area contributed by atoms with E-state index in [4.69, 9.17) is 11.6 Å². The summed E-state index contributed by atoms with van der Waals surface area (Å²) < 4.78 is 43.2. The summed E-state index contributed by atoms with van der Waals surface area (Å²) in [4.78, 5) is 11.9. The number of carbonyl (C=O) groups excluding carboxylic acids is 1. The smallest absolute Gasteiger partial charge is 0.350 e. The molecular formula is C16H16ClFN2O4S2. The zero-order valence-electron chi connectivity index (χ0n) is 14.0. The summed E-state index contributed by atoms with van der Waals surface area (Å²) in [6.07, 6.45) is 1.53. The lowest BCUT2D eigenvalue weighted by Crippen LogP contribution is -2.09. The van der Waals surface area contributed by atoms with E-state index < -0.39 is 21.6 Å². The second-order valence-electron chi connectivity index (χ2n) is 5.12. The van der Waals surface area contributed by atoms with E-state index >= 15 is 0 Å². The molecule has 1 heterocycles. The van der Waals surface area contributed by atoms with Gasteiger partial charge in [-0.15, -0.1) is 11.3 Å². The van der Waals surface area contributed by atoms with E-state index in [0.29, 0.717) is 6.42 Å². The fourth-order valence-electron chi connectivity index (χ4n) is 2.09. The van der Waals surface area contributed by atoms with Gasteiger partial charge in [0, 0.05) is 10.9 Å². The molecule has 10 heteroatoms. The van der Waals surface area contributed by atoms with E-state index in [9.17, 15) is 17.6 Å². The Labute approximate surface area is 159 Å². The Kier molecular flexibility index (Phi) is 6.74. The highest BCUT2D eigenvalue weighted by Crippen LogP contribution is 2.33. The molecule has 0 spiro atoms. The Morgan fingerprint density at radius 1 is 1.46 bits per heavy atom. The van der Waals surface area contributed by atoms with Crippen molar-refractivity contribution in [3.63, 3.8) is 0 Å². The minimum absolute atomic E-state index is 0.000915. The predicted molar refractivity (Wildman–Crippen MR) is 101 cm³/mol. The molecule has 2 aromatic rings. The predicted octanol–water partition coefficient (Wildman–Crippen LogP) is 3.96. The quantitative estimate of drug-likeness (QED) is 0.418. The molecule has 0 radical (unpaired) electrons. The van der Waals surface area contributed by atoms with Crippen molar-refractivity contribution in [2.24, 2.45) is 5.10 Å². The third kappa shape index (κ3) is 4.40. The molecule has 140 valence electrons. The number of anilines is 1. The maximum atomic E-state index is 13.8. The lowest BCUT2D eigenvalue weighted by atomic mass is 10.2. The summed E-state index contributed by atoms with van der Waals surface area (Å²) in [5, 5.41) is 5.35. The lowest BCUT2D eigenvalue weighted by molar-refractivity contribution is 0.0607. The third-order valence-electron chi connectivity index (χ3n) is 3.31. The number of hydrazone groups is 1. The van der Waals surface area contributed by atoms with Gasteiger partial charge in [0.1, 0.15) is 21.3 Å². The SMILES string of the molecule is CCCS(=O)(=O)c1csc(C(=O)OC)c1N/N=C/c1c(F)cccc1Cl. The number of esters is 1. The highest BCUT2D eigenvalue weighted by molar-refractivity contribution is 7.91. The minimum Gasteiger partial charge on any atom is -0.465 e. The molecule has 0 fully saturated rings. The summed E-state index contributed by atoms with van der Waals surface area (Å²) >= 11 is 6.84. The molecule has 0 saturated carbocycles. The molecule has 2 rings (SSSR count). The van der Waals surface area contributed by atoms with E-state index in [1.54, 1.807) is 6.92 Å². The number of halogens is 2. The number of carbonyl (C=O) groups is 1. The monoisotopic (exact) mass is 418 g/mol. The van der Waals surface area contributed by atoms with Crippen LogP contribution in [0.3, 0.4) is 0 Å². The van der Waals surface area contributed by atoms with Crippen molar-refractivity contribution < 1.29 is 22.3 Å². The third-order valence-corrected chi connectivity index (χ3v) is 6.68. The van der Waals surface area contributed by atoms with Crippen LogP contribution in [0.2, 0.25) is 5.02 Å². The Balaban J connectivity index is 2.42. The minimum atomic E-state index is -3.61. The number of nitrogens with zero attached hydrogens (tertiary/aromatic N) is 1. The molecule has 1 aromatic carbocycles. The van der Waals surface area contributed by atoms with E-state index in [1.165, 1.54) is 30.7 Å². The van der Waals surface area contributed by atoms with Crippen LogP contribution in [0.15, 0.2) is 33.6 Å². The van der Waals surface area contributed by atoms with Gasteiger partial charge in [-0.3, -0.25) is 5.43 Å². The molecule has 26 heavy (non-hydrogen) atoms. The van der Waals surface area contributed by atoms with Crippen LogP contribution in [0.1, 0.15) is 28.6 Å². The Bertz CT molecular complexity index is 921. The van der Waals surface area contributed by atoms with Crippen molar-refractivity contribution in [1.29, 1.82) is 0 Å². The number of nitrogens with one attached hydrogen (secondary N) is 1. The number of thiophene rings is 1. The van der Waals surface area contributed by atoms with Crippen molar-refractivity contribution in [2.75, 3.05) is 18.3 Å². The molecule has 0 aliphatic heterocycles. The first-order valence-electron chi connectivity index (χ1n) is 7.47. The van der Waals surface area contributed by atoms with Gasteiger partial charge >= 0.3 is 5.97 Å². The topological polar surface area (TPSA) is 84.8 Å². The number of sulfone groups is 1. The number of hydrogen-bond acceptors (Lipinski definition) is 7. The Hall–Kier alpha value is -1.97. The molecule has 6 nitrogen and oxygen atoms in total. The first-order valence-corrected chi connectivity index (χ1v) is 10.4. The van der Waals surface area contributed by atoms with Gasteiger partial charge in [0.25, 0.3) is 0 Å². The van der Waals surface area contributed by atoms with E-state index in [2.05, 4.69) is 15.3 Å². The van der Waals surface area contributed by atoms with Crippen molar-refractivity contribution in [3.05, 3.63) is 44.9 Å². The van der Waals surface area contributed by atoms with Gasteiger partial charge in [0.15, 0.2) is 9.84 Å². The second kappa shape index (κ2) is 8.61. The molecule has 0 bridgehead atoms. The number of benzene rings is 1. The van der Waals surface area contributed by atoms with Gasteiger partial charge in [-0.25, -0.2) is 17.6 Å². The van der Waals surface area contributed by atoms with E-state index in [0.717, 1.165) is 17.6 Å². The molecule has 0 aliphatic carbocycles. The number of ether oxygens (including phenoxy) is 1. The summed E-state index contributed by atoms with van der Waals surface area (Å²) in [5.74, 6) is -1.36. The van der Waals surface area contributed by atoms with Gasteiger partial charge in [-0.2, -0.15) is 5.10 Å². The Morgan fingerprint density at radius 3 is 2.81 bits per heavy atom. The first-order chi connectivity index (χ1) is 12.3. The van der Waals surface area contributed by atoms with Crippen molar-refractivity contribution in [3.8, 4) is 0 Å². The number of hydrogen-bond donors (Lipinski definition) is 1. The number of rotatable bonds is 7. The normalized spacial score (nSPS) is 11.7. The average Bonchev–Trinajstić information content (AvgIpc) is 3.01. The fourth-order valence-corrected chi connectivity index (χ4v) is 5.11. The molecule has 0 saturated heterocycles. The molecule has 0 amide bonds. The van der Waals surface area contributed by atoms with Gasteiger partial charge in [0.05, 0.1) is 24.1 Å². The van der Waals surface area contributed by atoms with Gasteiger partial charge in [-0.05, 0) is 18.6 Å². The molecular weight excluding hydrogens is 403 g/mol. The summed E-state index contributed by atoms with van der Waals surface area (Å²) in [6, 6.07) is 4.16. The Morgan fingerprint density at radius 2 is 2.19 bits per heavy atom. The van der Waals surface area contributed by atoms with Crippen LogP contribution >= 0.6 is 22.9 Å². The average molecular weight is 419 g/mol. The van der Waals surface area contributed by atoms with E-state index in [1.807, 2.05) is 0 Å². The van der Waals surface area contributed by atoms with Crippen molar-refractivity contribution in [1.82, 2.24) is 0 Å². The summed E-state index contributed by atoms with van der Waals surface area (Å²) in [7, 11) is -2.42. The van der Waals surface area contributed by atoms with Crippen molar-refractivity contribution in [2.45, 2.75) is 18.2 Å². The van der Waals surface area contributed by atoms with E-state index in [-0.39, 0.29) is 31.8 Å². The largest absolute Gasteiger partial charge is 0.465 e. The zero-order valence-corrected chi connectivity index (χ0v) is 16.3. The molecule has 0 atom stereocenters. The van der Waals surface area contributed by atoms with Crippen LogP contribution in [0, 0.1) is 5.82 Å². The van der Waals surface area contributed by atoms with Crippen LogP contribution in [-0.4, -0.2) is 33.5 Å². The second-order valence-corrected chi connectivity index (χ2v) is 8.48. The fraction of sp³-hybridized carbons (Fsp3) is 0.250. The first kappa shape index (κ1) is 20.3. The summed E-state index contributed by atoms with van der Waals surface area (Å²) in [5.41, 5.74) is 2.55. The number of methoxy groups -OCH3 is 1. The van der Waals surface area contributed by atoms with Crippen LogP contribution < -0.4 is 5.43 Å². The van der Waals surface area contributed by atoms with Gasteiger partial charge in [0.2, 0.25) is 0 Å². The molecule has 1 aromatic heterocycles. The summed E-state index contributed by atoms with van der Waals surface area (Å²) in [6.45, 7) is 1.73. The standard InChI is InChI=1S/C16H16ClFN2O4S2/c1-3-7-26(22,23)13-9-25-15(16(21)24-2)14(13)20-19-8-10-11(17)5-4-6-12(10)18/h4-6,8-9,20H,3,7H2,1-2H3/b19-8+. The van der Waals surface area contributed by atoms with Gasteiger partial charge in [-0.1, -0.05) is 24.6 Å². The van der Waals surface area contributed by atoms with Crippen LogP contribution in [0.5, 0.6) is 0 Å². The molecule has 1 N–H and O–H groups in total.